The molecule has 2 rings (SSSR count). The Bertz CT molecular complexity index is 745. The van der Waals surface area contributed by atoms with Crippen molar-refractivity contribution < 1.29 is 24.2 Å². The molecule has 1 aliphatic rings. The van der Waals surface area contributed by atoms with Crippen molar-refractivity contribution >= 4 is 46.3 Å². The molecule has 0 radical (unpaired) electrons. The van der Waals surface area contributed by atoms with Gasteiger partial charge in [0.05, 0.1) is 19.1 Å². The molecule has 0 aliphatic carbocycles. The summed E-state index contributed by atoms with van der Waals surface area (Å²) < 4.78 is 10.7. The van der Waals surface area contributed by atoms with Crippen LogP contribution in [0, 0.1) is 5.92 Å². The van der Waals surface area contributed by atoms with Crippen LogP contribution in [0.25, 0.3) is 6.08 Å². The van der Waals surface area contributed by atoms with Gasteiger partial charge in [0.2, 0.25) is 0 Å². The molecule has 1 aromatic carbocycles. The number of carboxylic acid groups (broad SMARTS) is 1. The molecule has 0 spiro atoms. The van der Waals surface area contributed by atoms with E-state index in [1.165, 1.54) is 12.0 Å². The summed E-state index contributed by atoms with van der Waals surface area (Å²) in [5.74, 6) is -0.611. The molecule has 25 heavy (non-hydrogen) atoms. The molecule has 1 heterocycles. The van der Waals surface area contributed by atoms with Gasteiger partial charge in [0.1, 0.15) is 10.4 Å². The Labute approximate surface area is 155 Å². The molecule has 1 saturated heterocycles. The number of thiocarbonyl (C=S) groups is 1. The van der Waals surface area contributed by atoms with E-state index in [-0.39, 0.29) is 10.2 Å². The highest BCUT2D eigenvalue weighted by Crippen LogP contribution is 2.36. The quantitative estimate of drug-likeness (QED) is 0.599. The first-order valence-corrected chi connectivity index (χ1v) is 8.74. The summed E-state index contributed by atoms with van der Waals surface area (Å²) >= 11 is 6.33. The molecular formula is C17H19NO5S2. The Morgan fingerprint density at radius 2 is 1.92 bits per heavy atom. The number of hydrogen-bond acceptors (Lipinski definition) is 6. The van der Waals surface area contributed by atoms with Gasteiger partial charge in [0.15, 0.2) is 11.5 Å². The Morgan fingerprint density at radius 3 is 2.44 bits per heavy atom. The molecule has 0 unspecified atom stereocenters. The van der Waals surface area contributed by atoms with E-state index in [4.69, 9.17) is 21.7 Å². The Morgan fingerprint density at radius 1 is 1.28 bits per heavy atom. The van der Waals surface area contributed by atoms with Crippen LogP contribution >= 0.6 is 24.0 Å². The first-order chi connectivity index (χ1) is 11.8. The lowest BCUT2D eigenvalue weighted by atomic mass is 10.0. The van der Waals surface area contributed by atoms with Crippen molar-refractivity contribution in [2.24, 2.45) is 5.92 Å². The summed E-state index contributed by atoms with van der Waals surface area (Å²) in [5.41, 5.74) is 0.731. The highest BCUT2D eigenvalue weighted by molar-refractivity contribution is 8.26. The second kappa shape index (κ2) is 7.88. The number of thioether (sulfide) groups is 1. The van der Waals surface area contributed by atoms with Gasteiger partial charge in [-0.3, -0.25) is 9.69 Å². The zero-order valence-corrected chi connectivity index (χ0v) is 15.9. The van der Waals surface area contributed by atoms with E-state index in [2.05, 4.69) is 0 Å². The van der Waals surface area contributed by atoms with Gasteiger partial charge in [-0.15, -0.1) is 0 Å². The van der Waals surface area contributed by atoms with Gasteiger partial charge in [-0.1, -0.05) is 43.9 Å². The van der Waals surface area contributed by atoms with Gasteiger partial charge in [0, 0.05) is 0 Å². The minimum Gasteiger partial charge on any atom is -0.493 e. The largest absolute Gasteiger partial charge is 0.493 e. The van der Waals surface area contributed by atoms with Crippen LogP contribution in [0.1, 0.15) is 19.4 Å². The fourth-order valence-corrected chi connectivity index (χ4v) is 3.84. The molecule has 1 amide bonds. The molecule has 0 bridgehead atoms. The molecule has 6 nitrogen and oxygen atoms in total. The minimum absolute atomic E-state index is 0.248. The number of hydrogen-bond donors (Lipinski definition) is 1. The fraction of sp³-hybridized carbons (Fsp3) is 0.353. The SMILES string of the molecule is COc1ccc(/C=C2/SC(=S)N([C@@H](C(=O)O)C(C)C)C2=O)cc1OC. The molecule has 1 N–H and O–H groups in total. The number of amides is 1. The minimum atomic E-state index is -1.07. The lowest BCUT2D eigenvalue weighted by Gasteiger charge is -2.26. The number of benzene rings is 1. The van der Waals surface area contributed by atoms with Gasteiger partial charge in [-0.2, -0.15) is 0 Å². The summed E-state index contributed by atoms with van der Waals surface area (Å²) in [4.78, 5) is 25.8. The molecule has 1 aromatic rings. The smallest absolute Gasteiger partial charge is 0.327 e. The number of ether oxygens (including phenoxy) is 2. The maximum absolute atomic E-state index is 12.7. The van der Waals surface area contributed by atoms with Gasteiger partial charge < -0.3 is 14.6 Å². The topological polar surface area (TPSA) is 76.1 Å². The number of carbonyl (C=O) groups is 2. The standard InChI is InChI=1S/C17H19NO5S2/c1-9(2)14(16(20)21)18-15(19)13(25-17(18)24)8-10-5-6-11(22-3)12(7-10)23-4/h5-9,14H,1-4H3,(H,20,21)/b13-8+/t14-/m1/s1. The molecular weight excluding hydrogens is 362 g/mol. The van der Waals surface area contributed by atoms with Gasteiger partial charge in [0.25, 0.3) is 5.91 Å². The Balaban J connectivity index is 2.36. The summed E-state index contributed by atoms with van der Waals surface area (Å²) in [6.07, 6.45) is 1.67. The average Bonchev–Trinajstić information content (AvgIpc) is 2.82. The van der Waals surface area contributed by atoms with Crippen LogP contribution in [0.2, 0.25) is 0 Å². The third kappa shape index (κ3) is 3.96. The van der Waals surface area contributed by atoms with Crippen LogP contribution in [0.3, 0.4) is 0 Å². The lowest BCUT2D eigenvalue weighted by Crippen LogP contribution is -2.47. The van der Waals surface area contributed by atoms with Gasteiger partial charge in [-0.25, -0.2) is 4.79 Å². The molecule has 134 valence electrons. The van der Waals surface area contributed by atoms with E-state index in [1.807, 2.05) is 0 Å². The summed E-state index contributed by atoms with van der Waals surface area (Å²) in [6.45, 7) is 3.49. The maximum atomic E-state index is 12.7. The van der Waals surface area contributed by atoms with E-state index in [0.29, 0.717) is 16.4 Å². The van der Waals surface area contributed by atoms with Crippen molar-refractivity contribution in [3.05, 3.63) is 28.7 Å². The van der Waals surface area contributed by atoms with E-state index in [9.17, 15) is 14.7 Å². The van der Waals surface area contributed by atoms with Gasteiger partial charge >= 0.3 is 5.97 Å². The fourth-order valence-electron chi connectivity index (χ4n) is 2.51. The third-order valence-corrected chi connectivity index (χ3v) is 5.02. The summed E-state index contributed by atoms with van der Waals surface area (Å²) in [6, 6.07) is 4.27. The monoisotopic (exact) mass is 381 g/mol. The molecule has 1 fully saturated rings. The summed E-state index contributed by atoms with van der Waals surface area (Å²) in [5, 5.41) is 9.43. The predicted molar refractivity (Wildman–Crippen MR) is 101 cm³/mol. The Kier molecular flexibility index (Phi) is 6.07. The lowest BCUT2D eigenvalue weighted by molar-refractivity contribution is -0.146. The number of rotatable bonds is 6. The number of carbonyl (C=O) groups excluding carboxylic acids is 1. The van der Waals surface area contributed by atoms with Gasteiger partial charge in [-0.05, 0) is 29.7 Å². The number of aliphatic carboxylic acids is 1. The molecule has 0 aromatic heterocycles. The number of methoxy groups -OCH3 is 2. The second-order valence-corrected chi connectivity index (χ2v) is 7.37. The van der Waals surface area contributed by atoms with Crippen molar-refractivity contribution in [3.63, 3.8) is 0 Å². The zero-order chi connectivity index (χ0) is 18.7. The van der Waals surface area contributed by atoms with Crippen molar-refractivity contribution in [3.8, 4) is 11.5 Å². The van der Waals surface area contributed by atoms with E-state index in [0.717, 1.165) is 17.3 Å². The van der Waals surface area contributed by atoms with Crippen LogP contribution in [-0.2, 0) is 9.59 Å². The van der Waals surface area contributed by atoms with Crippen molar-refractivity contribution in [2.45, 2.75) is 19.9 Å². The normalized spacial score (nSPS) is 17.3. The molecule has 8 heteroatoms. The van der Waals surface area contributed by atoms with Crippen molar-refractivity contribution in [1.29, 1.82) is 0 Å². The first-order valence-electron chi connectivity index (χ1n) is 7.52. The highest BCUT2D eigenvalue weighted by atomic mass is 32.2. The highest BCUT2D eigenvalue weighted by Gasteiger charge is 2.41. The van der Waals surface area contributed by atoms with E-state index in [1.54, 1.807) is 45.2 Å². The third-order valence-electron chi connectivity index (χ3n) is 3.69. The maximum Gasteiger partial charge on any atom is 0.327 e. The van der Waals surface area contributed by atoms with Crippen LogP contribution in [-0.4, -0.2) is 46.5 Å². The number of nitrogens with zero attached hydrogens (tertiary/aromatic N) is 1. The van der Waals surface area contributed by atoms with Crippen molar-refractivity contribution in [2.75, 3.05) is 14.2 Å². The van der Waals surface area contributed by atoms with Crippen LogP contribution in [0.5, 0.6) is 11.5 Å². The zero-order valence-electron chi connectivity index (χ0n) is 14.3. The molecule has 1 aliphatic heterocycles. The molecule has 1 atom stereocenters. The van der Waals surface area contributed by atoms with Crippen LogP contribution < -0.4 is 9.47 Å². The van der Waals surface area contributed by atoms with Crippen molar-refractivity contribution in [1.82, 2.24) is 4.90 Å². The van der Waals surface area contributed by atoms with E-state index < -0.39 is 17.9 Å². The predicted octanol–water partition coefficient (Wildman–Crippen LogP) is 3.01. The average molecular weight is 381 g/mol. The van der Waals surface area contributed by atoms with Crippen LogP contribution in [0.15, 0.2) is 23.1 Å². The Hall–Kier alpha value is -2.06. The van der Waals surface area contributed by atoms with E-state index >= 15 is 0 Å². The van der Waals surface area contributed by atoms with Crippen LogP contribution in [0.4, 0.5) is 0 Å². The first kappa shape index (κ1) is 19.3. The second-order valence-electron chi connectivity index (χ2n) is 5.69. The molecule has 0 saturated carbocycles. The number of carboxylic acids is 1. The summed E-state index contributed by atoms with van der Waals surface area (Å²) in [7, 11) is 3.07.